The Bertz CT molecular complexity index is 796. The summed E-state index contributed by atoms with van der Waals surface area (Å²) in [6.45, 7) is 8.95. The number of hydrogen-bond donors (Lipinski definition) is 1. The van der Waals surface area contributed by atoms with Gasteiger partial charge in [0.2, 0.25) is 0 Å². The Morgan fingerprint density at radius 3 is 2.63 bits per heavy atom. The summed E-state index contributed by atoms with van der Waals surface area (Å²) in [5.41, 5.74) is 1.34. The molecule has 2 heterocycles. The van der Waals surface area contributed by atoms with E-state index in [0.717, 1.165) is 6.42 Å². The van der Waals surface area contributed by atoms with Gasteiger partial charge < -0.3 is 9.47 Å². The first-order valence-corrected chi connectivity index (χ1v) is 8.92. The lowest BCUT2D eigenvalue weighted by atomic mass is 10.00. The summed E-state index contributed by atoms with van der Waals surface area (Å²) < 4.78 is 25.0. The fourth-order valence-electron chi connectivity index (χ4n) is 2.83. The molecule has 0 aliphatic carbocycles. The molecule has 1 atom stereocenters. The minimum Gasteiger partial charge on any atom is -0.491 e. The molecule has 0 radical (unpaired) electrons. The molecule has 0 unspecified atom stereocenters. The number of hydrogen-bond acceptors (Lipinski definition) is 5. The van der Waals surface area contributed by atoms with E-state index in [1.807, 2.05) is 6.92 Å². The van der Waals surface area contributed by atoms with Gasteiger partial charge in [0, 0.05) is 11.8 Å². The first-order valence-electron chi connectivity index (χ1n) is 8.92. The summed E-state index contributed by atoms with van der Waals surface area (Å²) in [7, 11) is 1.20. The maximum absolute atomic E-state index is 14.7. The number of carbonyl (C=O) groups is 1. The van der Waals surface area contributed by atoms with Crippen LogP contribution in [-0.4, -0.2) is 29.8 Å². The van der Waals surface area contributed by atoms with Crippen molar-refractivity contribution in [3.8, 4) is 17.0 Å². The highest BCUT2D eigenvalue weighted by Gasteiger charge is 2.16. The maximum atomic E-state index is 14.7. The molecular weight excluding hydrogens is 349 g/mol. The Kier molecular flexibility index (Phi) is 7.10. The van der Waals surface area contributed by atoms with E-state index in [1.54, 1.807) is 12.1 Å². The van der Waals surface area contributed by atoms with Gasteiger partial charge in [0.15, 0.2) is 11.6 Å². The molecule has 1 N–H and O–H groups in total. The van der Waals surface area contributed by atoms with Crippen LogP contribution >= 0.6 is 0 Å². The van der Waals surface area contributed by atoms with Gasteiger partial charge in [0.25, 0.3) is 0 Å². The predicted octanol–water partition coefficient (Wildman–Crippen LogP) is 4.83. The van der Waals surface area contributed by atoms with E-state index >= 15 is 0 Å². The lowest BCUT2D eigenvalue weighted by Crippen LogP contribution is -2.14. The van der Waals surface area contributed by atoms with Crippen LogP contribution in [0.1, 0.15) is 32.9 Å². The number of ether oxygens (including phenoxy) is 2. The molecule has 0 saturated carbocycles. The van der Waals surface area contributed by atoms with E-state index < -0.39 is 11.9 Å². The van der Waals surface area contributed by atoms with Crippen molar-refractivity contribution >= 4 is 11.9 Å². The summed E-state index contributed by atoms with van der Waals surface area (Å²) >= 11 is 0. The smallest absolute Gasteiger partial charge is 0.412 e. The lowest BCUT2D eigenvalue weighted by molar-refractivity contribution is 0.186. The molecule has 146 valence electrons. The zero-order valence-corrected chi connectivity index (χ0v) is 16.4. The normalized spacial score (nSPS) is 12.0. The monoisotopic (exact) mass is 375 g/mol. The van der Waals surface area contributed by atoms with Gasteiger partial charge in [0.1, 0.15) is 5.75 Å². The number of anilines is 1. The number of halogens is 1. The highest BCUT2D eigenvalue weighted by molar-refractivity contribution is 5.84. The van der Waals surface area contributed by atoms with E-state index in [-0.39, 0.29) is 11.4 Å². The molecule has 27 heavy (non-hydrogen) atoms. The summed E-state index contributed by atoms with van der Waals surface area (Å²) in [5, 5.41) is 2.24. The minimum absolute atomic E-state index is 0.207. The van der Waals surface area contributed by atoms with Crippen molar-refractivity contribution < 1.29 is 18.7 Å². The van der Waals surface area contributed by atoms with Crippen LogP contribution in [0.3, 0.4) is 0 Å². The van der Waals surface area contributed by atoms with Gasteiger partial charge in [-0.3, -0.25) is 5.32 Å². The fraction of sp³-hybridized carbons (Fsp3) is 0.450. The van der Waals surface area contributed by atoms with E-state index in [4.69, 9.17) is 4.74 Å². The molecule has 7 heteroatoms. The van der Waals surface area contributed by atoms with Gasteiger partial charge in [-0.1, -0.05) is 20.8 Å². The van der Waals surface area contributed by atoms with Crippen LogP contribution in [0.4, 0.5) is 15.0 Å². The van der Waals surface area contributed by atoms with Crippen molar-refractivity contribution in [1.82, 2.24) is 9.97 Å². The molecule has 1 amide bonds. The van der Waals surface area contributed by atoms with Gasteiger partial charge in [-0.15, -0.1) is 0 Å². The number of pyridine rings is 2. The average Bonchev–Trinajstić information content (AvgIpc) is 2.61. The largest absolute Gasteiger partial charge is 0.491 e. The Morgan fingerprint density at radius 1 is 1.26 bits per heavy atom. The Hall–Kier alpha value is -2.70. The summed E-state index contributed by atoms with van der Waals surface area (Å²) in [5.74, 6) is 0.855. The average molecular weight is 375 g/mol. The number of nitrogens with one attached hydrogen (secondary N) is 1. The van der Waals surface area contributed by atoms with E-state index in [1.165, 1.54) is 19.4 Å². The maximum Gasteiger partial charge on any atom is 0.412 e. The van der Waals surface area contributed by atoms with Crippen LogP contribution in [0.2, 0.25) is 0 Å². The van der Waals surface area contributed by atoms with Crippen molar-refractivity contribution in [1.29, 1.82) is 0 Å². The molecule has 0 bridgehead atoms. The standard InChI is InChI=1S/C20H26FN3O3/c1-12(2)10-13(3)11-27-17-7-6-16(23-14(17)4)15-8-9-22-19(18(15)21)24-20(25)26-5/h6-9,12-13H,10-11H2,1-5H3,(H,22,24,25)/t13-/m1/s1. The second-order valence-electron chi connectivity index (χ2n) is 6.96. The number of amides is 1. The number of aryl methyl sites for hydroxylation is 1. The van der Waals surface area contributed by atoms with E-state index in [2.05, 4.69) is 40.8 Å². The van der Waals surface area contributed by atoms with Gasteiger partial charge in [-0.2, -0.15) is 0 Å². The summed E-state index contributed by atoms with van der Waals surface area (Å²) in [4.78, 5) is 19.6. The zero-order chi connectivity index (χ0) is 20.0. The predicted molar refractivity (Wildman–Crippen MR) is 102 cm³/mol. The number of nitrogens with zero attached hydrogens (tertiary/aromatic N) is 2. The zero-order valence-electron chi connectivity index (χ0n) is 16.4. The second-order valence-corrected chi connectivity index (χ2v) is 6.96. The lowest BCUT2D eigenvalue weighted by Gasteiger charge is -2.16. The Morgan fingerprint density at radius 2 is 2.00 bits per heavy atom. The van der Waals surface area contributed by atoms with Crippen molar-refractivity contribution in [2.45, 2.75) is 34.1 Å². The van der Waals surface area contributed by atoms with Gasteiger partial charge in [-0.05, 0) is 43.4 Å². The Labute approximate surface area is 159 Å². The van der Waals surface area contributed by atoms with Crippen LogP contribution in [0.25, 0.3) is 11.3 Å². The molecular formula is C20H26FN3O3. The number of rotatable bonds is 7. The highest BCUT2D eigenvalue weighted by atomic mass is 19.1. The van der Waals surface area contributed by atoms with Crippen LogP contribution in [-0.2, 0) is 4.74 Å². The Balaban J connectivity index is 2.17. The molecule has 0 aliphatic rings. The first kappa shape index (κ1) is 20.6. The van der Waals surface area contributed by atoms with Gasteiger partial charge in [0.05, 0.1) is 25.1 Å². The first-order chi connectivity index (χ1) is 12.8. The van der Waals surface area contributed by atoms with Crippen molar-refractivity contribution in [2.24, 2.45) is 11.8 Å². The molecule has 0 aliphatic heterocycles. The molecule has 2 aromatic rings. The molecule has 0 spiro atoms. The third-order valence-electron chi connectivity index (χ3n) is 4.01. The van der Waals surface area contributed by atoms with E-state index in [9.17, 15) is 9.18 Å². The van der Waals surface area contributed by atoms with Crippen LogP contribution in [0.5, 0.6) is 5.75 Å². The summed E-state index contributed by atoms with van der Waals surface area (Å²) in [6, 6.07) is 4.98. The second kappa shape index (κ2) is 9.30. The quantitative estimate of drug-likeness (QED) is 0.750. The van der Waals surface area contributed by atoms with Gasteiger partial charge in [-0.25, -0.2) is 19.2 Å². The molecule has 0 aromatic carbocycles. The molecule has 0 fully saturated rings. The number of methoxy groups -OCH3 is 1. The highest BCUT2D eigenvalue weighted by Crippen LogP contribution is 2.28. The third-order valence-corrected chi connectivity index (χ3v) is 4.01. The fourth-order valence-corrected chi connectivity index (χ4v) is 2.83. The molecule has 6 nitrogen and oxygen atoms in total. The SMILES string of the molecule is COC(=O)Nc1nccc(-c2ccc(OC[C@H](C)CC(C)C)c(C)n2)c1F. The minimum atomic E-state index is -0.790. The summed E-state index contributed by atoms with van der Waals surface area (Å²) in [6.07, 6.45) is 1.70. The van der Waals surface area contributed by atoms with Crippen molar-refractivity contribution in [3.05, 3.63) is 35.9 Å². The van der Waals surface area contributed by atoms with Gasteiger partial charge >= 0.3 is 6.09 Å². The number of carbonyl (C=O) groups excluding carboxylic acids is 1. The van der Waals surface area contributed by atoms with Crippen LogP contribution in [0, 0.1) is 24.6 Å². The number of aromatic nitrogens is 2. The third kappa shape index (κ3) is 5.64. The molecule has 2 rings (SSSR count). The topological polar surface area (TPSA) is 73.3 Å². The molecule has 2 aromatic heterocycles. The van der Waals surface area contributed by atoms with Crippen LogP contribution < -0.4 is 10.1 Å². The van der Waals surface area contributed by atoms with Crippen molar-refractivity contribution in [3.63, 3.8) is 0 Å². The van der Waals surface area contributed by atoms with Crippen LogP contribution in [0.15, 0.2) is 24.4 Å². The van der Waals surface area contributed by atoms with E-state index in [0.29, 0.717) is 35.6 Å². The molecule has 0 saturated heterocycles. The van der Waals surface area contributed by atoms with Crippen molar-refractivity contribution in [2.75, 3.05) is 19.0 Å².